The number of rotatable bonds is 7. The normalized spacial score (nSPS) is 13.5. The van der Waals surface area contributed by atoms with Crippen LogP contribution >= 0.6 is 0 Å². The van der Waals surface area contributed by atoms with Gasteiger partial charge in [0.25, 0.3) is 5.91 Å². The van der Waals surface area contributed by atoms with Crippen LogP contribution in [0.2, 0.25) is 0 Å². The summed E-state index contributed by atoms with van der Waals surface area (Å²) in [6.07, 6.45) is 0. The van der Waals surface area contributed by atoms with Crippen LogP contribution in [0.3, 0.4) is 0 Å². The molecule has 6 nitrogen and oxygen atoms in total. The minimum Gasteiger partial charge on any atom is -0.482 e. The van der Waals surface area contributed by atoms with E-state index in [1.807, 2.05) is 32.0 Å². The summed E-state index contributed by atoms with van der Waals surface area (Å²) >= 11 is 0. The van der Waals surface area contributed by atoms with Crippen LogP contribution in [0.25, 0.3) is 0 Å². The highest BCUT2D eigenvalue weighted by molar-refractivity contribution is 5.81. The lowest BCUT2D eigenvalue weighted by Crippen LogP contribution is -2.50. The summed E-state index contributed by atoms with van der Waals surface area (Å²) in [6, 6.07) is 9.55. The monoisotopic (exact) mass is 360 g/mol. The average molecular weight is 360 g/mol. The fraction of sp³-hybridized carbons (Fsp3) is 0.550. The molecule has 6 heteroatoms. The number of esters is 1. The van der Waals surface area contributed by atoms with Gasteiger partial charge in [-0.25, -0.2) is 4.79 Å². The SMILES string of the molecule is CC(C)[C@@](C)(C#N)NC(=O)COC(=O)COc1ccccc1C(C)(C)C. The van der Waals surface area contributed by atoms with Crippen LogP contribution in [-0.4, -0.2) is 30.6 Å². The van der Waals surface area contributed by atoms with Crippen molar-refractivity contribution < 1.29 is 19.1 Å². The zero-order valence-corrected chi connectivity index (χ0v) is 16.4. The predicted octanol–water partition coefficient (Wildman–Crippen LogP) is 2.96. The van der Waals surface area contributed by atoms with Crippen LogP contribution in [0.4, 0.5) is 0 Å². The van der Waals surface area contributed by atoms with Crippen molar-refractivity contribution in [2.75, 3.05) is 13.2 Å². The smallest absolute Gasteiger partial charge is 0.344 e. The third kappa shape index (κ3) is 6.07. The lowest BCUT2D eigenvalue weighted by atomic mass is 9.86. The molecule has 0 saturated heterocycles. The molecule has 0 aliphatic heterocycles. The second-order valence-corrected chi connectivity index (χ2v) is 7.71. The van der Waals surface area contributed by atoms with E-state index in [2.05, 4.69) is 32.2 Å². The van der Waals surface area contributed by atoms with Crippen molar-refractivity contribution in [1.82, 2.24) is 5.32 Å². The molecule has 1 atom stereocenters. The topological polar surface area (TPSA) is 88.4 Å². The highest BCUT2D eigenvalue weighted by Crippen LogP contribution is 2.30. The fourth-order valence-corrected chi connectivity index (χ4v) is 2.16. The minimum absolute atomic E-state index is 0.0793. The average Bonchev–Trinajstić information content (AvgIpc) is 2.57. The number of carbonyl (C=O) groups excluding carboxylic acids is 2. The van der Waals surface area contributed by atoms with Crippen LogP contribution in [0.15, 0.2) is 24.3 Å². The Morgan fingerprint density at radius 1 is 1.15 bits per heavy atom. The van der Waals surface area contributed by atoms with Crippen LogP contribution in [0.5, 0.6) is 5.75 Å². The zero-order chi connectivity index (χ0) is 20.0. The lowest BCUT2D eigenvalue weighted by Gasteiger charge is -2.27. The Bertz CT molecular complexity index is 686. The van der Waals surface area contributed by atoms with Gasteiger partial charge in [0.2, 0.25) is 0 Å². The number of carbonyl (C=O) groups is 2. The summed E-state index contributed by atoms with van der Waals surface area (Å²) in [5.74, 6) is -0.638. The first kappa shape index (κ1) is 21.5. The predicted molar refractivity (Wildman–Crippen MR) is 98.6 cm³/mol. The molecule has 0 unspecified atom stereocenters. The van der Waals surface area contributed by atoms with E-state index in [1.165, 1.54) is 0 Å². The summed E-state index contributed by atoms with van der Waals surface area (Å²) in [4.78, 5) is 23.8. The van der Waals surface area contributed by atoms with E-state index in [1.54, 1.807) is 13.0 Å². The van der Waals surface area contributed by atoms with E-state index < -0.39 is 24.0 Å². The van der Waals surface area contributed by atoms with Crippen LogP contribution in [0, 0.1) is 17.2 Å². The number of para-hydroxylation sites is 1. The second-order valence-electron chi connectivity index (χ2n) is 7.71. The van der Waals surface area contributed by atoms with Gasteiger partial charge in [0.15, 0.2) is 13.2 Å². The molecular formula is C20H28N2O4. The summed E-state index contributed by atoms with van der Waals surface area (Å²) in [5.41, 5.74) is -0.155. The molecule has 0 aliphatic rings. The molecule has 0 aliphatic carbocycles. The molecule has 1 N–H and O–H groups in total. The van der Waals surface area contributed by atoms with Gasteiger partial charge in [-0.15, -0.1) is 0 Å². The highest BCUT2D eigenvalue weighted by Gasteiger charge is 2.30. The standard InChI is InChI=1S/C20H28N2O4/c1-14(2)20(6,13-21)22-17(23)11-26-18(24)12-25-16-10-8-7-9-15(16)19(3,4)5/h7-10,14H,11-12H2,1-6H3,(H,22,23)/t20-/m1/s1. The first-order valence-electron chi connectivity index (χ1n) is 8.60. The van der Waals surface area contributed by atoms with Gasteiger partial charge in [-0.05, 0) is 29.9 Å². The molecule has 0 bridgehead atoms. The van der Waals surface area contributed by atoms with Gasteiger partial charge in [0.05, 0.1) is 6.07 Å². The van der Waals surface area contributed by atoms with Gasteiger partial charge < -0.3 is 14.8 Å². The van der Waals surface area contributed by atoms with Gasteiger partial charge in [-0.1, -0.05) is 52.8 Å². The molecule has 1 amide bonds. The minimum atomic E-state index is -1.01. The summed E-state index contributed by atoms with van der Waals surface area (Å²) < 4.78 is 10.5. The van der Waals surface area contributed by atoms with Crippen molar-refractivity contribution in [2.45, 2.75) is 52.5 Å². The number of hydrogen-bond donors (Lipinski definition) is 1. The maximum atomic E-state index is 11.9. The molecule has 0 radical (unpaired) electrons. The molecular weight excluding hydrogens is 332 g/mol. The highest BCUT2D eigenvalue weighted by atomic mass is 16.6. The van der Waals surface area contributed by atoms with E-state index in [0.29, 0.717) is 5.75 Å². The van der Waals surface area contributed by atoms with E-state index in [9.17, 15) is 14.9 Å². The number of nitrogens with one attached hydrogen (secondary N) is 1. The Hall–Kier alpha value is -2.55. The maximum absolute atomic E-state index is 11.9. The molecule has 1 rings (SSSR count). The van der Waals surface area contributed by atoms with Crippen LogP contribution in [-0.2, 0) is 19.7 Å². The van der Waals surface area contributed by atoms with Crippen molar-refractivity contribution in [1.29, 1.82) is 5.26 Å². The molecule has 0 aromatic heterocycles. The largest absolute Gasteiger partial charge is 0.482 e. The zero-order valence-electron chi connectivity index (χ0n) is 16.4. The van der Waals surface area contributed by atoms with E-state index in [0.717, 1.165) is 5.56 Å². The van der Waals surface area contributed by atoms with Gasteiger partial charge in [0, 0.05) is 0 Å². The summed E-state index contributed by atoms with van der Waals surface area (Å²) in [5, 5.41) is 11.8. The fourth-order valence-electron chi connectivity index (χ4n) is 2.16. The van der Waals surface area contributed by atoms with Crippen LogP contribution < -0.4 is 10.1 Å². The Balaban J connectivity index is 2.55. The first-order chi connectivity index (χ1) is 12.0. The Kier molecular flexibility index (Phi) is 7.19. The molecule has 0 fully saturated rings. The van der Waals surface area contributed by atoms with E-state index in [4.69, 9.17) is 9.47 Å². The Labute approximate surface area is 155 Å². The van der Waals surface area contributed by atoms with Crippen molar-refractivity contribution >= 4 is 11.9 Å². The number of hydrogen-bond acceptors (Lipinski definition) is 5. The van der Waals surface area contributed by atoms with E-state index >= 15 is 0 Å². The quantitative estimate of drug-likeness (QED) is 0.755. The van der Waals surface area contributed by atoms with Gasteiger partial charge >= 0.3 is 5.97 Å². The molecule has 1 aromatic rings. The van der Waals surface area contributed by atoms with E-state index in [-0.39, 0.29) is 17.9 Å². The first-order valence-corrected chi connectivity index (χ1v) is 8.60. The van der Waals surface area contributed by atoms with Crippen molar-refractivity contribution in [2.24, 2.45) is 5.92 Å². The third-order valence-corrected chi connectivity index (χ3v) is 4.19. The Morgan fingerprint density at radius 3 is 2.31 bits per heavy atom. The third-order valence-electron chi connectivity index (χ3n) is 4.19. The molecule has 0 heterocycles. The number of ether oxygens (including phenoxy) is 2. The molecule has 26 heavy (non-hydrogen) atoms. The number of benzene rings is 1. The number of amides is 1. The Morgan fingerprint density at radius 2 is 1.77 bits per heavy atom. The molecule has 1 aromatic carbocycles. The van der Waals surface area contributed by atoms with Crippen molar-refractivity contribution in [3.8, 4) is 11.8 Å². The molecule has 0 spiro atoms. The maximum Gasteiger partial charge on any atom is 0.344 e. The van der Waals surface area contributed by atoms with Gasteiger partial charge in [0.1, 0.15) is 11.3 Å². The summed E-state index contributed by atoms with van der Waals surface area (Å²) in [7, 11) is 0. The molecule has 0 saturated carbocycles. The number of nitrogens with zero attached hydrogens (tertiary/aromatic N) is 1. The van der Waals surface area contributed by atoms with Gasteiger partial charge in [-0.3, -0.25) is 4.79 Å². The summed E-state index contributed by atoms with van der Waals surface area (Å²) in [6.45, 7) is 10.7. The van der Waals surface area contributed by atoms with Crippen molar-refractivity contribution in [3.63, 3.8) is 0 Å². The lowest BCUT2D eigenvalue weighted by molar-refractivity contribution is -0.150. The van der Waals surface area contributed by atoms with Crippen LogP contribution in [0.1, 0.15) is 47.1 Å². The molecule has 142 valence electrons. The van der Waals surface area contributed by atoms with Gasteiger partial charge in [-0.2, -0.15) is 5.26 Å². The second kappa shape index (κ2) is 8.70. The van der Waals surface area contributed by atoms with Crippen molar-refractivity contribution in [3.05, 3.63) is 29.8 Å². The number of nitriles is 1.